The number of benzene rings is 1. The largest absolute Gasteiger partial charge is 0.493 e. The molecule has 1 aliphatic carbocycles. The fourth-order valence-corrected chi connectivity index (χ4v) is 4.44. The smallest absolute Gasteiger partial charge is 0.203 e. The third kappa shape index (κ3) is 5.95. The van der Waals surface area contributed by atoms with E-state index in [1.165, 1.54) is 0 Å². The normalized spacial score (nSPS) is 19.4. The summed E-state index contributed by atoms with van der Waals surface area (Å²) >= 11 is 0. The molecule has 8 heteroatoms. The van der Waals surface area contributed by atoms with Crippen LogP contribution in [0.4, 0.5) is 0 Å². The minimum Gasteiger partial charge on any atom is -0.493 e. The predicted molar refractivity (Wildman–Crippen MR) is 122 cm³/mol. The van der Waals surface area contributed by atoms with Crippen LogP contribution in [0.2, 0.25) is 0 Å². The molecule has 8 nitrogen and oxygen atoms in total. The lowest BCUT2D eigenvalue weighted by Crippen LogP contribution is -2.52. The quantitative estimate of drug-likeness (QED) is 0.479. The Labute approximate surface area is 186 Å². The van der Waals surface area contributed by atoms with E-state index in [0.717, 1.165) is 76.5 Å². The highest BCUT2D eigenvalue weighted by atomic mass is 16.5. The molecule has 0 radical (unpaired) electrons. The number of aliphatic imine (C=N–C) groups is 1. The van der Waals surface area contributed by atoms with Crippen LogP contribution >= 0.6 is 0 Å². The first kappa shape index (κ1) is 23.5. The van der Waals surface area contributed by atoms with Gasteiger partial charge in [0, 0.05) is 39.3 Å². The van der Waals surface area contributed by atoms with Crippen LogP contribution in [0.3, 0.4) is 0 Å². The van der Waals surface area contributed by atoms with Crippen molar-refractivity contribution in [3.8, 4) is 17.2 Å². The number of rotatable bonds is 8. The molecule has 1 saturated heterocycles. The molecule has 0 atom stereocenters. The lowest BCUT2D eigenvalue weighted by atomic mass is 10.0. The van der Waals surface area contributed by atoms with Gasteiger partial charge in [-0.2, -0.15) is 0 Å². The monoisotopic (exact) mass is 434 g/mol. The van der Waals surface area contributed by atoms with Gasteiger partial charge in [-0.3, -0.25) is 9.89 Å². The standard InChI is InChI=1S/C23H38N4O4/c1-5-24-22(25-17-23(28)8-6-7-9-23)27-12-10-26(11-13-27)16-18-14-19(29-2)21(31-4)20(15-18)30-3/h14-15,28H,5-13,16-17H2,1-4H3,(H,24,25). The summed E-state index contributed by atoms with van der Waals surface area (Å²) in [5, 5.41) is 14.0. The predicted octanol–water partition coefficient (Wildman–Crippen LogP) is 2.10. The zero-order valence-corrected chi connectivity index (χ0v) is 19.4. The lowest BCUT2D eigenvalue weighted by Gasteiger charge is -2.37. The fraction of sp³-hybridized carbons (Fsp3) is 0.696. The van der Waals surface area contributed by atoms with E-state index in [0.29, 0.717) is 23.8 Å². The van der Waals surface area contributed by atoms with E-state index in [-0.39, 0.29) is 0 Å². The molecule has 0 bridgehead atoms. The zero-order valence-electron chi connectivity index (χ0n) is 19.4. The van der Waals surface area contributed by atoms with Crippen molar-refractivity contribution in [1.29, 1.82) is 0 Å². The van der Waals surface area contributed by atoms with E-state index in [4.69, 9.17) is 19.2 Å². The van der Waals surface area contributed by atoms with Gasteiger partial charge in [-0.15, -0.1) is 0 Å². The topological polar surface area (TPSA) is 78.8 Å². The number of piperazine rings is 1. The molecular formula is C23H38N4O4. The second-order valence-electron chi connectivity index (χ2n) is 8.40. The SMILES string of the molecule is CCNC(=NCC1(O)CCCC1)N1CCN(Cc2cc(OC)c(OC)c(OC)c2)CC1. The lowest BCUT2D eigenvalue weighted by molar-refractivity contribution is 0.0569. The van der Waals surface area contributed by atoms with Crippen molar-refractivity contribution in [3.63, 3.8) is 0 Å². The Morgan fingerprint density at radius 2 is 1.65 bits per heavy atom. The van der Waals surface area contributed by atoms with Gasteiger partial charge in [-0.25, -0.2) is 0 Å². The molecule has 0 unspecified atom stereocenters. The Hall–Kier alpha value is -2.19. The van der Waals surface area contributed by atoms with Gasteiger partial charge >= 0.3 is 0 Å². The Kier molecular flexibility index (Phi) is 8.26. The van der Waals surface area contributed by atoms with E-state index < -0.39 is 5.60 Å². The van der Waals surface area contributed by atoms with Crippen LogP contribution in [0.25, 0.3) is 0 Å². The number of guanidine groups is 1. The van der Waals surface area contributed by atoms with Gasteiger partial charge in [0.2, 0.25) is 5.75 Å². The molecule has 0 aromatic heterocycles. The number of hydrogen-bond donors (Lipinski definition) is 2. The maximum atomic E-state index is 10.6. The zero-order chi connectivity index (χ0) is 22.3. The number of methoxy groups -OCH3 is 3. The van der Waals surface area contributed by atoms with Gasteiger partial charge in [-0.05, 0) is 37.5 Å². The average Bonchev–Trinajstić information content (AvgIpc) is 3.23. The van der Waals surface area contributed by atoms with Crippen LogP contribution in [0.15, 0.2) is 17.1 Å². The van der Waals surface area contributed by atoms with Crippen molar-refractivity contribution in [2.45, 2.75) is 44.8 Å². The van der Waals surface area contributed by atoms with Crippen molar-refractivity contribution < 1.29 is 19.3 Å². The van der Waals surface area contributed by atoms with Crippen LogP contribution < -0.4 is 19.5 Å². The number of hydrogen-bond acceptors (Lipinski definition) is 6. The maximum Gasteiger partial charge on any atom is 0.203 e. The van der Waals surface area contributed by atoms with E-state index in [2.05, 4.69) is 22.0 Å². The number of ether oxygens (including phenoxy) is 3. The number of aliphatic hydroxyl groups is 1. The Morgan fingerprint density at radius 1 is 1.03 bits per heavy atom. The molecule has 1 heterocycles. The summed E-state index contributed by atoms with van der Waals surface area (Å²) in [6.07, 6.45) is 3.92. The molecule has 3 rings (SSSR count). The summed E-state index contributed by atoms with van der Waals surface area (Å²) in [5.74, 6) is 2.90. The molecule has 2 aliphatic rings. The molecule has 1 aromatic rings. The van der Waals surface area contributed by atoms with E-state index in [1.807, 2.05) is 12.1 Å². The van der Waals surface area contributed by atoms with Gasteiger partial charge in [-0.1, -0.05) is 12.8 Å². The molecule has 1 aromatic carbocycles. The van der Waals surface area contributed by atoms with Crippen LogP contribution in [-0.2, 0) is 6.54 Å². The van der Waals surface area contributed by atoms with Crippen molar-refractivity contribution in [1.82, 2.24) is 15.1 Å². The number of nitrogens with one attached hydrogen (secondary N) is 1. The van der Waals surface area contributed by atoms with Crippen molar-refractivity contribution >= 4 is 5.96 Å². The molecule has 31 heavy (non-hydrogen) atoms. The molecule has 0 spiro atoms. The molecule has 0 amide bonds. The first-order valence-corrected chi connectivity index (χ1v) is 11.3. The van der Waals surface area contributed by atoms with Crippen LogP contribution in [0, 0.1) is 0 Å². The van der Waals surface area contributed by atoms with E-state index >= 15 is 0 Å². The third-order valence-corrected chi connectivity index (χ3v) is 6.19. The summed E-state index contributed by atoms with van der Waals surface area (Å²) in [4.78, 5) is 9.50. The van der Waals surface area contributed by atoms with Crippen molar-refractivity contribution in [3.05, 3.63) is 17.7 Å². The first-order chi connectivity index (χ1) is 15.0. The maximum absolute atomic E-state index is 10.6. The molecule has 1 saturated carbocycles. The third-order valence-electron chi connectivity index (χ3n) is 6.19. The van der Waals surface area contributed by atoms with Gasteiger partial charge in [0.15, 0.2) is 17.5 Å². The first-order valence-electron chi connectivity index (χ1n) is 11.3. The van der Waals surface area contributed by atoms with Gasteiger partial charge < -0.3 is 29.5 Å². The minimum atomic E-state index is -0.616. The second-order valence-corrected chi connectivity index (χ2v) is 8.40. The Bertz CT molecular complexity index is 716. The summed E-state index contributed by atoms with van der Waals surface area (Å²) in [7, 11) is 4.90. The summed E-state index contributed by atoms with van der Waals surface area (Å²) in [6, 6.07) is 4.03. The molecule has 2 N–H and O–H groups in total. The van der Waals surface area contributed by atoms with Gasteiger partial charge in [0.05, 0.1) is 33.5 Å². The molecular weight excluding hydrogens is 396 g/mol. The highest BCUT2D eigenvalue weighted by Crippen LogP contribution is 2.38. The van der Waals surface area contributed by atoms with Gasteiger partial charge in [0.1, 0.15) is 0 Å². The Balaban J connectivity index is 1.60. The summed E-state index contributed by atoms with van der Waals surface area (Å²) < 4.78 is 16.4. The molecule has 1 aliphatic heterocycles. The minimum absolute atomic E-state index is 0.487. The highest BCUT2D eigenvalue weighted by molar-refractivity contribution is 5.80. The molecule has 2 fully saturated rings. The van der Waals surface area contributed by atoms with E-state index in [9.17, 15) is 5.11 Å². The average molecular weight is 435 g/mol. The highest BCUT2D eigenvalue weighted by Gasteiger charge is 2.31. The molecule has 174 valence electrons. The summed E-state index contributed by atoms with van der Waals surface area (Å²) in [6.45, 7) is 7.88. The van der Waals surface area contributed by atoms with Crippen molar-refractivity contribution in [2.75, 3.05) is 60.6 Å². The van der Waals surface area contributed by atoms with E-state index in [1.54, 1.807) is 21.3 Å². The van der Waals surface area contributed by atoms with Gasteiger partial charge in [0.25, 0.3) is 0 Å². The van der Waals surface area contributed by atoms with Crippen LogP contribution in [0.1, 0.15) is 38.2 Å². The van der Waals surface area contributed by atoms with Crippen LogP contribution in [0.5, 0.6) is 17.2 Å². The van der Waals surface area contributed by atoms with Crippen molar-refractivity contribution in [2.24, 2.45) is 4.99 Å². The van der Waals surface area contributed by atoms with Crippen LogP contribution in [-0.4, -0.2) is 87.1 Å². The fourth-order valence-electron chi connectivity index (χ4n) is 4.44. The summed E-state index contributed by atoms with van der Waals surface area (Å²) in [5.41, 5.74) is 0.515. The Morgan fingerprint density at radius 3 is 2.16 bits per heavy atom. The number of nitrogens with zero attached hydrogens (tertiary/aromatic N) is 3. The second kappa shape index (κ2) is 10.9.